The van der Waals surface area contributed by atoms with E-state index in [0.29, 0.717) is 6.42 Å². The average molecular weight is 372 g/mol. The number of esters is 1. The van der Waals surface area contributed by atoms with Gasteiger partial charge in [0.1, 0.15) is 24.9 Å². The number of carboxylic acids is 1. The van der Waals surface area contributed by atoms with E-state index in [9.17, 15) is 29.7 Å². The molecule has 1 amide bonds. The van der Waals surface area contributed by atoms with Crippen molar-refractivity contribution in [3.63, 3.8) is 0 Å². The Morgan fingerprint density at radius 2 is 2.04 bits per heavy atom. The summed E-state index contributed by atoms with van der Waals surface area (Å²) in [5, 5.41) is 38.0. The van der Waals surface area contributed by atoms with E-state index in [2.05, 4.69) is 0 Å². The summed E-state index contributed by atoms with van der Waals surface area (Å²) in [5.74, 6) is -3.20. The third-order valence-corrected chi connectivity index (χ3v) is 3.90. The zero-order chi connectivity index (χ0) is 19.4. The predicted octanol–water partition coefficient (Wildman–Crippen LogP) is -2.60. The first kappa shape index (κ1) is 19.8. The summed E-state index contributed by atoms with van der Waals surface area (Å²) >= 11 is 0. The van der Waals surface area contributed by atoms with Gasteiger partial charge in [0, 0.05) is 18.0 Å². The second kappa shape index (κ2) is 8.27. The van der Waals surface area contributed by atoms with Crippen molar-refractivity contribution < 1.29 is 44.3 Å². The van der Waals surface area contributed by atoms with Gasteiger partial charge in [-0.1, -0.05) is 6.08 Å². The summed E-state index contributed by atoms with van der Waals surface area (Å²) in [5.41, 5.74) is 5.50. The maximum atomic E-state index is 11.5. The van der Waals surface area contributed by atoms with E-state index >= 15 is 0 Å². The SMILES string of the molecule is NC(=O)C1=CN([C@@H]2OC(COC(=O)[C@@H](O)CC(=O)O)[C@@H](O)[C@H]2O)C=CC1. The van der Waals surface area contributed by atoms with E-state index in [1.54, 1.807) is 6.08 Å². The van der Waals surface area contributed by atoms with Crippen LogP contribution in [0.1, 0.15) is 12.8 Å². The lowest BCUT2D eigenvalue weighted by Crippen LogP contribution is -2.40. The van der Waals surface area contributed by atoms with Crippen molar-refractivity contribution >= 4 is 17.8 Å². The number of hydrogen-bond donors (Lipinski definition) is 5. The number of rotatable bonds is 7. The van der Waals surface area contributed by atoms with Crippen LogP contribution in [0.5, 0.6) is 0 Å². The van der Waals surface area contributed by atoms with Gasteiger partial charge in [-0.2, -0.15) is 0 Å². The van der Waals surface area contributed by atoms with Gasteiger partial charge in [0.2, 0.25) is 5.91 Å². The number of aliphatic hydroxyl groups excluding tert-OH is 3. The number of allylic oxidation sites excluding steroid dienone is 1. The molecule has 2 aliphatic rings. The first-order chi connectivity index (χ1) is 12.2. The molecule has 1 unspecified atom stereocenters. The van der Waals surface area contributed by atoms with Crippen LogP contribution in [0.25, 0.3) is 0 Å². The predicted molar refractivity (Wildman–Crippen MR) is 82.8 cm³/mol. The summed E-state index contributed by atoms with van der Waals surface area (Å²) in [6.45, 7) is -0.506. The van der Waals surface area contributed by atoms with Gasteiger partial charge >= 0.3 is 11.9 Å². The smallest absolute Gasteiger partial charge is 0.335 e. The maximum Gasteiger partial charge on any atom is 0.335 e. The van der Waals surface area contributed by atoms with Crippen molar-refractivity contribution in [1.82, 2.24) is 4.90 Å². The quantitative estimate of drug-likeness (QED) is 0.297. The standard InChI is InChI=1S/C15H20N2O9/c16-13(23)7-2-1-3-17(5-7)14-12(22)11(21)9(26-14)6-25-15(24)8(18)4-10(19)20/h1,3,5,8-9,11-12,14,18,21-22H,2,4,6H2,(H2,16,23)(H,19,20)/t8-,9?,11+,12+,14+/m0/s1. The molecule has 26 heavy (non-hydrogen) atoms. The molecule has 2 aliphatic heterocycles. The van der Waals surface area contributed by atoms with E-state index in [4.69, 9.17) is 20.3 Å². The summed E-state index contributed by atoms with van der Waals surface area (Å²) in [6, 6.07) is 0. The zero-order valence-electron chi connectivity index (χ0n) is 13.6. The van der Waals surface area contributed by atoms with E-state index in [0.717, 1.165) is 0 Å². The topological polar surface area (TPSA) is 180 Å². The molecule has 144 valence electrons. The Morgan fingerprint density at radius 3 is 2.65 bits per heavy atom. The Labute approximate surface area is 147 Å². The first-order valence-electron chi connectivity index (χ1n) is 7.73. The monoisotopic (exact) mass is 372 g/mol. The van der Waals surface area contributed by atoms with Crippen LogP contribution < -0.4 is 5.73 Å². The van der Waals surface area contributed by atoms with Gasteiger partial charge in [-0.3, -0.25) is 9.59 Å². The number of nitrogens with zero attached hydrogens (tertiary/aromatic N) is 1. The molecule has 2 heterocycles. The molecule has 0 saturated carbocycles. The first-order valence-corrected chi connectivity index (χ1v) is 7.73. The Hall–Kier alpha value is -2.47. The lowest BCUT2D eigenvalue weighted by Gasteiger charge is -2.28. The van der Waals surface area contributed by atoms with Gasteiger partial charge in [-0.25, -0.2) is 4.79 Å². The van der Waals surface area contributed by atoms with Gasteiger partial charge in [0.05, 0.1) is 6.42 Å². The highest BCUT2D eigenvalue weighted by Crippen LogP contribution is 2.27. The fraction of sp³-hybridized carbons (Fsp3) is 0.533. The highest BCUT2D eigenvalue weighted by molar-refractivity contribution is 5.92. The summed E-state index contributed by atoms with van der Waals surface area (Å²) < 4.78 is 10.2. The van der Waals surface area contributed by atoms with E-state index in [1.807, 2.05) is 0 Å². The van der Waals surface area contributed by atoms with Crippen LogP contribution in [0, 0.1) is 0 Å². The van der Waals surface area contributed by atoms with Crippen LogP contribution in [-0.2, 0) is 23.9 Å². The Balaban J connectivity index is 1.96. The van der Waals surface area contributed by atoms with Crippen LogP contribution >= 0.6 is 0 Å². The molecule has 0 aromatic rings. The van der Waals surface area contributed by atoms with E-state index in [1.165, 1.54) is 17.3 Å². The van der Waals surface area contributed by atoms with Crippen LogP contribution in [0.2, 0.25) is 0 Å². The van der Waals surface area contributed by atoms with Crippen LogP contribution in [-0.4, -0.2) is 80.4 Å². The second-order valence-electron chi connectivity index (χ2n) is 5.84. The van der Waals surface area contributed by atoms with Crippen molar-refractivity contribution in [2.45, 2.75) is 43.5 Å². The van der Waals surface area contributed by atoms with Crippen LogP contribution in [0.3, 0.4) is 0 Å². The minimum atomic E-state index is -1.85. The number of aliphatic carboxylic acids is 1. The number of amides is 1. The number of nitrogens with two attached hydrogens (primary N) is 1. The lowest BCUT2D eigenvalue weighted by atomic mass is 10.1. The largest absolute Gasteiger partial charge is 0.481 e. The van der Waals surface area contributed by atoms with Gasteiger partial charge in [-0.15, -0.1) is 0 Å². The molecule has 11 heteroatoms. The molecule has 0 aliphatic carbocycles. The van der Waals surface area contributed by atoms with E-state index in [-0.39, 0.29) is 5.57 Å². The molecule has 1 saturated heterocycles. The molecule has 5 atom stereocenters. The number of carbonyl (C=O) groups excluding carboxylic acids is 2. The normalized spacial score (nSPS) is 29.2. The molecule has 11 nitrogen and oxygen atoms in total. The number of carbonyl (C=O) groups is 3. The summed E-state index contributed by atoms with van der Waals surface area (Å²) in [7, 11) is 0. The molecule has 0 aromatic heterocycles. The molecule has 6 N–H and O–H groups in total. The lowest BCUT2D eigenvalue weighted by molar-refractivity contribution is -0.163. The third kappa shape index (κ3) is 4.58. The minimum absolute atomic E-state index is 0.282. The van der Waals surface area contributed by atoms with Crippen molar-refractivity contribution in [3.8, 4) is 0 Å². The molecule has 0 radical (unpaired) electrons. The van der Waals surface area contributed by atoms with Crippen molar-refractivity contribution in [3.05, 3.63) is 24.0 Å². The van der Waals surface area contributed by atoms with Gasteiger partial charge in [-0.05, 0) is 6.42 Å². The summed E-state index contributed by atoms with van der Waals surface area (Å²) in [6.07, 6.45) is -2.76. The second-order valence-corrected chi connectivity index (χ2v) is 5.84. The Bertz CT molecular complexity index is 633. The third-order valence-electron chi connectivity index (χ3n) is 3.90. The number of aliphatic hydroxyl groups is 3. The van der Waals surface area contributed by atoms with Gasteiger partial charge < -0.3 is 40.5 Å². The zero-order valence-corrected chi connectivity index (χ0v) is 13.6. The van der Waals surface area contributed by atoms with Crippen LogP contribution in [0.4, 0.5) is 0 Å². The molecule has 1 fully saturated rings. The Morgan fingerprint density at radius 1 is 1.35 bits per heavy atom. The number of carboxylic acid groups (broad SMARTS) is 1. The van der Waals surface area contributed by atoms with Crippen molar-refractivity contribution in [2.75, 3.05) is 6.61 Å². The molecular weight excluding hydrogens is 352 g/mol. The molecule has 2 rings (SSSR count). The Kier molecular flexibility index (Phi) is 6.32. The number of hydrogen-bond acceptors (Lipinski definition) is 9. The van der Waals surface area contributed by atoms with Gasteiger partial charge in [0.15, 0.2) is 12.3 Å². The molecule has 0 spiro atoms. The molecular formula is C15H20N2O9. The van der Waals surface area contributed by atoms with Crippen molar-refractivity contribution in [2.24, 2.45) is 5.73 Å². The number of ether oxygens (including phenoxy) is 2. The average Bonchev–Trinajstić information content (AvgIpc) is 2.87. The highest BCUT2D eigenvalue weighted by Gasteiger charge is 2.45. The minimum Gasteiger partial charge on any atom is -0.481 e. The van der Waals surface area contributed by atoms with Gasteiger partial charge in [0.25, 0.3) is 0 Å². The maximum absolute atomic E-state index is 11.5. The van der Waals surface area contributed by atoms with Crippen LogP contribution in [0.15, 0.2) is 24.0 Å². The van der Waals surface area contributed by atoms with E-state index < -0.39 is 61.5 Å². The fourth-order valence-electron chi connectivity index (χ4n) is 2.52. The number of primary amides is 1. The summed E-state index contributed by atoms with van der Waals surface area (Å²) in [4.78, 5) is 34.6. The molecule has 0 bridgehead atoms. The fourth-order valence-corrected chi connectivity index (χ4v) is 2.52. The van der Waals surface area contributed by atoms with Crippen molar-refractivity contribution in [1.29, 1.82) is 0 Å². The molecule has 0 aromatic carbocycles. The highest BCUT2D eigenvalue weighted by atomic mass is 16.6.